The van der Waals surface area contributed by atoms with Crippen molar-refractivity contribution in [1.82, 2.24) is 9.13 Å². The van der Waals surface area contributed by atoms with E-state index in [1.807, 2.05) is 30.3 Å². The Morgan fingerprint density at radius 3 is 2.41 bits per heavy atom. The first kappa shape index (κ1) is 18.4. The van der Waals surface area contributed by atoms with Crippen molar-refractivity contribution in [3.05, 3.63) is 96.5 Å². The smallest absolute Gasteiger partial charge is 0.280 e. The number of nitrogens with zero attached hydrogens (tertiary/aromatic N) is 2. The van der Waals surface area contributed by atoms with Gasteiger partial charge in [0.15, 0.2) is 0 Å². The minimum absolute atomic E-state index is 0.226. The molecule has 0 atom stereocenters. The van der Waals surface area contributed by atoms with Gasteiger partial charge in [-0.3, -0.25) is 9.36 Å². The second-order valence-electron chi connectivity index (χ2n) is 7.36. The summed E-state index contributed by atoms with van der Waals surface area (Å²) < 4.78 is 3.05. The minimum Gasteiger partial charge on any atom is -0.280 e. The maximum absolute atomic E-state index is 13.5. The molecule has 2 aromatic heterocycles. The van der Waals surface area contributed by atoms with Gasteiger partial charge in [-0.1, -0.05) is 41.9 Å². The summed E-state index contributed by atoms with van der Waals surface area (Å²) >= 11 is 7.63. The van der Waals surface area contributed by atoms with Crippen molar-refractivity contribution in [2.45, 2.75) is 32.2 Å². The predicted molar refractivity (Wildman–Crippen MR) is 119 cm³/mol. The Hall–Kier alpha value is -2.63. The van der Waals surface area contributed by atoms with Gasteiger partial charge in [-0.2, -0.15) is 0 Å². The number of halogens is 1. The van der Waals surface area contributed by atoms with Crippen LogP contribution in [-0.4, -0.2) is 9.13 Å². The van der Waals surface area contributed by atoms with Crippen LogP contribution in [0.3, 0.4) is 0 Å². The van der Waals surface area contributed by atoms with E-state index in [4.69, 9.17) is 11.6 Å². The lowest BCUT2D eigenvalue weighted by molar-refractivity contribution is 0.696. The number of benzene rings is 2. The zero-order valence-corrected chi connectivity index (χ0v) is 17.3. The Morgan fingerprint density at radius 2 is 1.66 bits per heavy atom. The van der Waals surface area contributed by atoms with Gasteiger partial charge in [-0.15, -0.1) is 11.3 Å². The molecule has 146 valence electrons. The van der Waals surface area contributed by atoms with Crippen LogP contribution in [-0.2, 0) is 19.4 Å². The lowest BCUT2D eigenvalue weighted by Crippen LogP contribution is -2.39. The Balaban J connectivity index is 1.84. The van der Waals surface area contributed by atoms with Gasteiger partial charge in [0.05, 0.1) is 17.6 Å². The number of fused-ring (bicyclic) bond motifs is 3. The first-order chi connectivity index (χ1) is 14.1. The second-order valence-corrected chi connectivity index (χ2v) is 8.88. The van der Waals surface area contributed by atoms with Gasteiger partial charge in [0, 0.05) is 9.90 Å². The molecule has 0 amide bonds. The van der Waals surface area contributed by atoms with E-state index in [1.165, 1.54) is 9.44 Å². The highest BCUT2D eigenvalue weighted by Gasteiger charge is 2.24. The first-order valence-corrected chi connectivity index (χ1v) is 10.9. The number of hydrogen-bond acceptors (Lipinski definition) is 3. The molecule has 0 spiro atoms. The monoisotopic (exact) mass is 422 g/mol. The largest absolute Gasteiger partial charge is 0.337 e. The standard InChI is InChI=1S/C23H19ClN2O2S/c24-16-10-12-17(13-11-16)26-21(27)20-18-8-4-5-9-19(18)29-22(20)25(23(26)28)14-15-6-2-1-3-7-15/h1-3,6-7,10-13H,4-5,8-9,14H2. The molecule has 0 fully saturated rings. The van der Waals surface area contributed by atoms with Crippen molar-refractivity contribution >= 4 is 33.2 Å². The maximum atomic E-state index is 13.5. The van der Waals surface area contributed by atoms with Crippen LogP contribution in [0.2, 0.25) is 5.02 Å². The summed E-state index contributed by atoms with van der Waals surface area (Å²) in [5.41, 5.74) is 2.17. The highest BCUT2D eigenvalue weighted by molar-refractivity contribution is 7.18. The quantitative estimate of drug-likeness (QED) is 0.476. The van der Waals surface area contributed by atoms with Crippen LogP contribution in [0.5, 0.6) is 0 Å². The van der Waals surface area contributed by atoms with Crippen LogP contribution in [0.4, 0.5) is 0 Å². The van der Waals surface area contributed by atoms with Crippen LogP contribution < -0.4 is 11.2 Å². The molecular formula is C23H19ClN2O2S. The summed E-state index contributed by atoms with van der Waals surface area (Å²) in [6.07, 6.45) is 4.09. The Morgan fingerprint density at radius 1 is 0.931 bits per heavy atom. The van der Waals surface area contributed by atoms with Crippen molar-refractivity contribution in [3.8, 4) is 5.69 Å². The third-order valence-electron chi connectivity index (χ3n) is 5.51. The summed E-state index contributed by atoms with van der Waals surface area (Å²) in [4.78, 5) is 29.0. The molecule has 0 saturated carbocycles. The fourth-order valence-electron chi connectivity index (χ4n) is 4.09. The number of aromatic nitrogens is 2. The molecule has 0 radical (unpaired) electrons. The first-order valence-electron chi connectivity index (χ1n) is 9.73. The average Bonchev–Trinajstić information content (AvgIpc) is 3.13. The van der Waals surface area contributed by atoms with Crippen molar-refractivity contribution < 1.29 is 0 Å². The summed E-state index contributed by atoms with van der Waals surface area (Å²) in [5.74, 6) is 0. The lowest BCUT2D eigenvalue weighted by atomic mass is 9.97. The molecule has 2 heterocycles. The summed E-state index contributed by atoms with van der Waals surface area (Å²) in [5, 5.41) is 1.27. The van der Waals surface area contributed by atoms with E-state index in [1.54, 1.807) is 40.2 Å². The van der Waals surface area contributed by atoms with Gasteiger partial charge in [-0.05, 0) is 61.1 Å². The molecule has 6 heteroatoms. The molecule has 0 N–H and O–H groups in total. The maximum Gasteiger partial charge on any atom is 0.337 e. The average molecular weight is 423 g/mol. The minimum atomic E-state index is -0.313. The SMILES string of the molecule is O=c1c2c3c(sc2n(Cc2ccccc2)c(=O)n1-c1ccc(Cl)cc1)CCCC3. The molecular weight excluding hydrogens is 404 g/mol. The zero-order valence-electron chi connectivity index (χ0n) is 15.7. The van der Waals surface area contributed by atoms with E-state index in [9.17, 15) is 9.59 Å². The number of hydrogen-bond donors (Lipinski definition) is 0. The van der Waals surface area contributed by atoms with Gasteiger partial charge in [0.2, 0.25) is 0 Å². The molecule has 1 aliphatic carbocycles. The van der Waals surface area contributed by atoms with E-state index in [0.29, 0.717) is 22.6 Å². The topological polar surface area (TPSA) is 44.0 Å². The molecule has 0 unspecified atom stereocenters. The molecule has 29 heavy (non-hydrogen) atoms. The Bertz CT molecular complexity index is 1320. The van der Waals surface area contributed by atoms with Crippen LogP contribution in [0.15, 0.2) is 64.2 Å². The predicted octanol–water partition coefficient (Wildman–Crippen LogP) is 4.79. The van der Waals surface area contributed by atoms with E-state index in [-0.39, 0.29) is 11.2 Å². The van der Waals surface area contributed by atoms with Crippen LogP contribution in [0.1, 0.15) is 28.8 Å². The van der Waals surface area contributed by atoms with Crippen molar-refractivity contribution in [3.63, 3.8) is 0 Å². The number of aryl methyl sites for hydroxylation is 2. The number of rotatable bonds is 3. The van der Waals surface area contributed by atoms with E-state index in [0.717, 1.165) is 41.6 Å². The normalized spacial score (nSPS) is 13.6. The van der Waals surface area contributed by atoms with Gasteiger partial charge in [0.25, 0.3) is 5.56 Å². The van der Waals surface area contributed by atoms with Crippen molar-refractivity contribution in [2.24, 2.45) is 0 Å². The van der Waals surface area contributed by atoms with Crippen molar-refractivity contribution in [1.29, 1.82) is 0 Å². The van der Waals surface area contributed by atoms with Crippen LogP contribution >= 0.6 is 22.9 Å². The summed E-state index contributed by atoms with van der Waals surface area (Å²) in [6.45, 7) is 0.434. The third-order valence-corrected chi connectivity index (χ3v) is 7.07. The Labute approximate surface area is 176 Å². The van der Waals surface area contributed by atoms with Gasteiger partial charge in [0.1, 0.15) is 4.83 Å². The highest BCUT2D eigenvalue weighted by Crippen LogP contribution is 2.34. The van der Waals surface area contributed by atoms with E-state index < -0.39 is 0 Å². The lowest BCUT2D eigenvalue weighted by Gasteiger charge is -2.13. The highest BCUT2D eigenvalue weighted by atomic mass is 35.5. The molecule has 4 aromatic rings. The fraction of sp³-hybridized carbons (Fsp3) is 0.217. The van der Waals surface area contributed by atoms with Gasteiger partial charge < -0.3 is 0 Å². The summed E-state index contributed by atoms with van der Waals surface area (Å²) in [6, 6.07) is 16.8. The van der Waals surface area contributed by atoms with Gasteiger partial charge >= 0.3 is 5.69 Å². The zero-order chi connectivity index (χ0) is 20.0. The van der Waals surface area contributed by atoms with E-state index in [2.05, 4.69) is 0 Å². The fourth-order valence-corrected chi connectivity index (χ4v) is 5.59. The molecule has 1 aliphatic rings. The molecule has 0 saturated heterocycles. The Kier molecular flexibility index (Phi) is 4.64. The summed E-state index contributed by atoms with van der Waals surface area (Å²) in [7, 11) is 0. The molecule has 0 bridgehead atoms. The molecule has 4 nitrogen and oxygen atoms in total. The van der Waals surface area contributed by atoms with Crippen molar-refractivity contribution in [2.75, 3.05) is 0 Å². The van der Waals surface area contributed by atoms with E-state index >= 15 is 0 Å². The van der Waals surface area contributed by atoms with Crippen LogP contribution in [0.25, 0.3) is 15.9 Å². The second kappa shape index (κ2) is 7.32. The molecule has 5 rings (SSSR count). The number of thiophene rings is 1. The van der Waals surface area contributed by atoms with Gasteiger partial charge in [-0.25, -0.2) is 9.36 Å². The van der Waals surface area contributed by atoms with Crippen LogP contribution in [0, 0.1) is 0 Å². The molecule has 0 aliphatic heterocycles. The molecule has 2 aromatic carbocycles. The third kappa shape index (κ3) is 3.15.